The topological polar surface area (TPSA) is 87.7 Å². The lowest BCUT2D eigenvalue weighted by Crippen LogP contribution is -2.38. The summed E-state index contributed by atoms with van der Waals surface area (Å²) in [4.78, 5) is 21.0. The normalized spacial score (nSPS) is 10.2. The SMILES string of the molecule is O=C(O)CCNC(=O)NCCOCC(F)F. The minimum absolute atomic E-state index is 0.0130. The first-order valence-electron chi connectivity index (χ1n) is 4.61. The minimum Gasteiger partial charge on any atom is -0.481 e. The standard InChI is InChI=1S/C8H14F2N2O4/c9-6(10)5-16-4-3-12-8(15)11-2-1-7(13)14/h6H,1-5H2,(H,13,14)(H2,11,12,15). The molecule has 6 nitrogen and oxygen atoms in total. The van der Waals surface area contributed by atoms with Crippen molar-refractivity contribution in [2.24, 2.45) is 0 Å². The fourth-order valence-electron chi connectivity index (χ4n) is 0.755. The summed E-state index contributed by atoms with van der Waals surface area (Å²) in [6.07, 6.45) is -2.70. The molecule has 94 valence electrons. The Balaban J connectivity index is 3.27. The Bertz CT molecular complexity index is 226. The average molecular weight is 240 g/mol. The van der Waals surface area contributed by atoms with E-state index in [1.54, 1.807) is 0 Å². The van der Waals surface area contributed by atoms with Crippen LogP contribution in [0.2, 0.25) is 0 Å². The predicted octanol–water partition coefficient (Wildman–Crippen LogP) is 0.0420. The second kappa shape index (κ2) is 8.84. The van der Waals surface area contributed by atoms with Crippen LogP contribution in [0.25, 0.3) is 0 Å². The van der Waals surface area contributed by atoms with E-state index >= 15 is 0 Å². The molecule has 8 heteroatoms. The van der Waals surface area contributed by atoms with E-state index in [4.69, 9.17) is 5.11 Å². The van der Waals surface area contributed by atoms with Crippen molar-refractivity contribution < 1.29 is 28.2 Å². The molecule has 0 aromatic heterocycles. The maximum atomic E-state index is 11.6. The highest BCUT2D eigenvalue weighted by molar-refractivity contribution is 5.74. The summed E-state index contributed by atoms with van der Waals surface area (Å²) in [5, 5.41) is 12.9. The number of hydrogen-bond donors (Lipinski definition) is 3. The van der Waals surface area contributed by atoms with E-state index in [1.165, 1.54) is 0 Å². The summed E-state index contributed by atoms with van der Waals surface area (Å²) in [5.41, 5.74) is 0. The van der Waals surface area contributed by atoms with Crippen molar-refractivity contribution in [2.75, 3.05) is 26.3 Å². The maximum absolute atomic E-state index is 11.6. The molecule has 0 atom stereocenters. The molecule has 0 bridgehead atoms. The fourth-order valence-corrected chi connectivity index (χ4v) is 0.755. The number of alkyl halides is 2. The molecule has 3 N–H and O–H groups in total. The summed E-state index contributed by atoms with van der Waals surface area (Å²) in [5.74, 6) is -1.01. The molecule has 2 amide bonds. The number of carbonyl (C=O) groups is 2. The van der Waals surface area contributed by atoms with Crippen LogP contribution < -0.4 is 10.6 Å². The van der Waals surface area contributed by atoms with Crippen molar-refractivity contribution >= 4 is 12.0 Å². The number of carboxylic acids is 1. The molecule has 0 heterocycles. The Morgan fingerprint density at radius 1 is 1.25 bits per heavy atom. The van der Waals surface area contributed by atoms with Gasteiger partial charge in [-0.25, -0.2) is 13.6 Å². The van der Waals surface area contributed by atoms with Crippen LogP contribution in [-0.4, -0.2) is 49.8 Å². The molecule has 0 radical (unpaired) electrons. The van der Waals surface area contributed by atoms with E-state index in [0.717, 1.165) is 0 Å². The number of urea groups is 1. The van der Waals surface area contributed by atoms with Gasteiger partial charge in [-0.1, -0.05) is 0 Å². The number of carboxylic acid groups (broad SMARTS) is 1. The Labute approximate surface area is 91.0 Å². The quantitative estimate of drug-likeness (QED) is 0.523. The molecule has 0 fully saturated rings. The zero-order chi connectivity index (χ0) is 12.4. The number of rotatable bonds is 8. The summed E-state index contributed by atoms with van der Waals surface area (Å²) in [7, 11) is 0. The third kappa shape index (κ3) is 10.6. The van der Waals surface area contributed by atoms with E-state index in [2.05, 4.69) is 15.4 Å². The van der Waals surface area contributed by atoms with Gasteiger partial charge in [0.1, 0.15) is 6.61 Å². The van der Waals surface area contributed by atoms with Crippen molar-refractivity contribution in [1.29, 1.82) is 0 Å². The molecule has 0 spiro atoms. The monoisotopic (exact) mass is 240 g/mol. The van der Waals surface area contributed by atoms with Gasteiger partial charge in [-0.05, 0) is 0 Å². The van der Waals surface area contributed by atoms with Crippen LogP contribution in [-0.2, 0) is 9.53 Å². The Morgan fingerprint density at radius 3 is 2.44 bits per heavy atom. The van der Waals surface area contributed by atoms with Crippen molar-refractivity contribution in [3.8, 4) is 0 Å². The molecule has 0 aromatic carbocycles. The van der Waals surface area contributed by atoms with Crippen LogP contribution in [0.15, 0.2) is 0 Å². The third-order valence-corrected chi connectivity index (χ3v) is 1.40. The van der Waals surface area contributed by atoms with Gasteiger partial charge in [0.2, 0.25) is 0 Å². The number of aliphatic carboxylic acids is 1. The first-order chi connectivity index (χ1) is 7.52. The Hall–Kier alpha value is -1.44. The summed E-state index contributed by atoms with van der Waals surface area (Å²) >= 11 is 0. The van der Waals surface area contributed by atoms with E-state index in [9.17, 15) is 18.4 Å². The number of carbonyl (C=O) groups excluding carboxylic acids is 1. The van der Waals surface area contributed by atoms with Crippen molar-refractivity contribution in [1.82, 2.24) is 10.6 Å². The van der Waals surface area contributed by atoms with Gasteiger partial charge in [0.25, 0.3) is 6.43 Å². The van der Waals surface area contributed by atoms with Crippen LogP contribution in [0, 0.1) is 0 Å². The molecule has 0 unspecified atom stereocenters. The van der Waals surface area contributed by atoms with Gasteiger partial charge < -0.3 is 20.5 Å². The minimum atomic E-state index is -2.52. The van der Waals surface area contributed by atoms with Crippen LogP contribution >= 0.6 is 0 Å². The molecule has 16 heavy (non-hydrogen) atoms. The fraction of sp³-hybridized carbons (Fsp3) is 0.750. The number of amides is 2. The molecule has 0 aliphatic heterocycles. The van der Waals surface area contributed by atoms with E-state index < -0.39 is 25.0 Å². The molecule has 0 aliphatic carbocycles. The number of nitrogens with one attached hydrogen (secondary N) is 2. The average Bonchev–Trinajstić information content (AvgIpc) is 2.16. The third-order valence-electron chi connectivity index (χ3n) is 1.40. The van der Waals surface area contributed by atoms with Gasteiger partial charge in [0.15, 0.2) is 0 Å². The van der Waals surface area contributed by atoms with Crippen LogP contribution in [0.5, 0.6) is 0 Å². The summed E-state index contributed by atoms with van der Waals surface area (Å²) in [6.45, 7) is -0.580. The smallest absolute Gasteiger partial charge is 0.314 e. The Morgan fingerprint density at radius 2 is 1.88 bits per heavy atom. The van der Waals surface area contributed by atoms with Gasteiger partial charge in [0.05, 0.1) is 13.0 Å². The van der Waals surface area contributed by atoms with Gasteiger partial charge in [-0.2, -0.15) is 0 Å². The first kappa shape index (κ1) is 14.6. The summed E-state index contributed by atoms with van der Waals surface area (Å²) < 4.78 is 27.7. The molecular weight excluding hydrogens is 226 g/mol. The van der Waals surface area contributed by atoms with Crippen LogP contribution in [0.3, 0.4) is 0 Å². The second-order valence-corrected chi connectivity index (χ2v) is 2.79. The molecule has 0 aromatic rings. The Kier molecular flexibility index (Phi) is 8.04. The lowest BCUT2D eigenvalue weighted by atomic mass is 10.4. The molecule has 0 aliphatic rings. The highest BCUT2D eigenvalue weighted by Gasteiger charge is 2.03. The van der Waals surface area contributed by atoms with E-state index in [0.29, 0.717) is 0 Å². The molecule has 0 saturated heterocycles. The van der Waals surface area contributed by atoms with Gasteiger partial charge in [0, 0.05) is 13.1 Å². The molecule has 0 saturated carbocycles. The first-order valence-corrected chi connectivity index (χ1v) is 4.61. The zero-order valence-corrected chi connectivity index (χ0v) is 8.54. The number of hydrogen-bond acceptors (Lipinski definition) is 3. The molecule has 0 rings (SSSR count). The van der Waals surface area contributed by atoms with Crippen LogP contribution in [0.1, 0.15) is 6.42 Å². The van der Waals surface area contributed by atoms with Crippen molar-refractivity contribution in [3.05, 3.63) is 0 Å². The largest absolute Gasteiger partial charge is 0.481 e. The summed E-state index contributed by atoms with van der Waals surface area (Å²) in [6, 6.07) is -0.554. The van der Waals surface area contributed by atoms with Gasteiger partial charge in [-0.3, -0.25) is 4.79 Å². The van der Waals surface area contributed by atoms with Crippen molar-refractivity contribution in [2.45, 2.75) is 12.8 Å². The second-order valence-electron chi connectivity index (χ2n) is 2.79. The lowest BCUT2D eigenvalue weighted by Gasteiger charge is -2.06. The zero-order valence-electron chi connectivity index (χ0n) is 8.54. The van der Waals surface area contributed by atoms with E-state index in [-0.39, 0.29) is 26.1 Å². The molecular formula is C8H14F2N2O4. The van der Waals surface area contributed by atoms with E-state index in [1.807, 2.05) is 0 Å². The van der Waals surface area contributed by atoms with Crippen LogP contribution in [0.4, 0.5) is 13.6 Å². The van der Waals surface area contributed by atoms with Gasteiger partial charge in [-0.15, -0.1) is 0 Å². The van der Waals surface area contributed by atoms with Crippen molar-refractivity contribution in [3.63, 3.8) is 0 Å². The predicted molar refractivity (Wildman–Crippen MR) is 50.5 cm³/mol. The number of halogens is 2. The maximum Gasteiger partial charge on any atom is 0.314 e. The lowest BCUT2D eigenvalue weighted by molar-refractivity contribution is -0.136. The van der Waals surface area contributed by atoms with Gasteiger partial charge >= 0.3 is 12.0 Å². The number of ether oxygens (including phenoxy) is 1. The highest BCUT2D eigenvalue weighted by Crippen LogP contribution is 1.91. The highest BCUT2D eigenvalue weighted by atomic mass is 19.3.